The van der Waals surface area contributed by atoms with Gasteiger partial charge in [0.2, 0.25) is 0 Å². The van der Waals surface area contributed by atoms with Crippen LogP contribution in [-0.2, 0) is 7.05 Å². The van der Waals surface area contributed by atoms with Crippen LogP contribution >= 0.6 is 0 Å². The second-order valence-electron chi connectivity index (χ2n) is 8.48. The highest BCUT2D eigenvalue weighted by Gasteiger charge is 2.45. The van der Waals surface area contributed by atoms with Crippen LogP contribution in [0.2, 0.25) is 0 Å². The number of anilines is 1. The summed E-state index contributed by atoms with van der Waals surface area (Å²) in [5.74, 6) is -3.10. The number of hydrogen-bond acceptors (Lipinski definition) is 4. The smallest absolute Gasteiger partial charge is 0.257 e. The van der Waals surface area contributed by atoms with Gasteiger partial charge >= 0.3 is 0 Å². The summed E-state index contributed by atoms with van der Waals surface area (Å²) in [5.41, 5.74) is 4.38. The number of rotatable bonds is 6. The number of hydrazine groups is 1. The fraction of sp³-hybridized carbons (Fsp3) is 0.333. The van der Waals surface area contributed by atoms with E-state index >= 15 is 0 Å². The van der Waals surface area contributed by atoms with Crippen LogP contribution in [0.25, 0.3) is 0 Å². The van der Waals surface area contributed by atoms with E-state index in [0.717, 1.165) is 6.42 Å². The van der Waals surface area contributed by atoms with Crippen molar-refractivity contribution in [2.24, 2.45) is 7.05 Å². The van der Waals surface area contributed by atoms with Gasteiger partial charge in [0.05, 0.1) is 12.1 Å². The first-order valence-electron chi connectivity index (χ1n) is 11.6. The fourth-order valence-electron chi connectivity index (χ4n) is 3.63. The molecule has 1 aliphatic rings. The Morgan fingerprint density at radius 1 is 1.23 bits per heavy atom. The first kappa shape index (κ1) is 26.2. The van der Waals surface area contributed by atoms with Gasteiger partial charge in [0.25, 0.3) is 5.92 Å². The summed E-state index contributed by atoms with van der Waals surface area (Å²) in [6.45, 7) is 7.64. The van der Waals surface area contributed by atoms with Gasteiger partial charge < -0.3 is 10.2 Å². The highest BCUT2D eigenvalue weighted by atomic mass is 19.3. The molecule has 4 rings (SSSR count). The number of hydrogen-bond donors (Lipinski definition) is 1. The quantitative estimate of drug-likeness (QED) is 0.334. The molecule has 3 aromatic rings. The van der Waals surface area contributed by atoms with E-state index in [9.17, 15) is 13.2 Å². The Morgan fingerprint density at radius 2 is 1.94 bits per heavy atom. The van der Waals surface area contributed by atoms with Gasteiger partial charge in [0, 0.05) is 31.6 Å². The third-order valence-electron chi connectivity index (χ3n) is 5.72. The van der Waals surface area contributed by atoms with E-state index in [4.69, 9.17) is 4.74 Å². The summed E-state index contributed by atoms with van der Waals surface area (Å²) in [4.78, 5) is 4.28. The van der Waals surface area contributed by atoms with E-state index in [0.29, 0.717) is 22.7 Å². The molecule has 1 aromatic carbocycles. The molecule has 1 fully saturated rings. The lowest BCUT2D eigenvalue weighted by molar-refractivity contribution is -0.671. The fourth-order valence-corrected chi connectivity index (χ4v) is 3.63. The molecule has 5 nitrogen and oxygen atoms in total. The zero-order valence-electron chi connectivity index (χ0n) is 20.3. The number of piperidine rings is 1. The molecule has 0 radical (unpaired) electrons. The lowest BCUT2D eigenvalue weighted by Gasteiger charge is -2.38. The standard InChI is InChI=1S/C23H24F3N4O.C4H8/c1-16-4-3-5-20(24)22(16)31-18-6-7-21(27-14-18)28-30-13-10-23(25,26)19(15-30)17-8-11-29(2)12-9-17;1-3-4-2/h3-9,11-12,14,19H,10,13,15H2,1-2H3,(H,27,28);3H,1,4H2,2H3/q+1;. The van der Waals surface area contributed by atoms with Crippen molar-refractivity contribution in [2.45, 2.75) is 38.5 Å². The SMILES string of the molecule is C=CCC.Cc1cccc(F)c1Oc1ccc(NN2CCC(F)(F)C(c3cc[n+](C)cc3)C2)nc1. The summed E-state index contributed by atoms with van der Waals surface area (Å²) < 4.78 is 50.5. The number of aryl methyl sites for hydroxylation is 2. The van der Waals surface area contributed by atoms with Crippen molar-refractivity contribution in [3.05, 3.63) is 90.7 Å². The van der Waals surface area contributed by atoms with Gasteiger partial charge in [-0.25, -0.2) is 27.7 Å². The molecule has 186 valence electrons. The van der Waals surface area contributed by atoms with Gasteiger partial charge in [0.15, 0.2) is 24.0 Å². The van der Waals surface area contributed by atoms with Crippen LogP contribution in [-0.4, -0.2) is 29.0 Å². The van der Waals surface area contributed by atoms with Crippen LogP contribution in [0.15, 0.2) is 73.7 Å². The average molecular weight is 486 g/mol. The molecule has 3 heterocycles. The molecule has 0 bridgehead atoms. The second-order valence-corrected chi connectivity index (χ2v) is 8.48. The largest absolute Gasteiger partial charge is 0.452 e. The Bertz CT molecular complexity index is 1080. The van der Waals surface area contributed by atoms with Crippen LogP contribution in [0.1, 0.15) is 36.8 Å². The Morgan fingerprint density at radius 3 is 2.54 bits per heavy atom. The van der Waals surface area contributed by atoms with Gasteiger partial charge in [-0.1, -0.05) is 25.1 Å². The van der Waals surface area contributed by atoms with Gasteiger partial charge in [-0.2, -0.15) is 0 Å². The topological polar surface area (TPSA) is 41.3 Å². The van der Waals surface area contributed by atoms with E-state index in [1.807, 2.05) is 17.7 Å². The number of nitrogens with one attached hydrogen (secondary N) is 1. The lowest BCUT2D eigenvalue weighted by atomic mass is 9.88. The maximum atomic E-state index is 14.6. The van der Waals surface area contributed by atoms with Gasteiger partial charge in [-0.3, -0.25) is 0 Å². The van der Waals surface area contributed by atoms with E-state index in [1.54, 1.807) is 60.7 Å². The molecular formula is C27H32F3N4O+. The van der Waals surface area contributed by atoms with Gasteiger partial charge in [-0.05, 0) is 42.7 Å². The average Bonchev–Trinajstić information content (AvgIpc) is 2.84. The van der Waals surface area contributed by atoms with Crippen LogP contribution < -0.4 is 14.7 Å². The molecule has 8 heteroatoms. The number of pyridine rings is 2. The van der Waals surface area contributed by atoms with E-state index in [2.05, 4.69) is 23.9 Å². The summed E-state index contributed by atoms with van der Waals surface area (Å²) in [5, 5.41) is 1.75. The summed E-state index contributed by atoms with van der Waals surface area (Å²) >= 11 is 0. The van der Waals surface area contributed by atoms with E-state index < -0.39 is 17.7 Å². The minimum atomic E-state index is -2.78. The lowest BCUT2D eigenvalue weighted by Crippen LogP contribution is -2.48. The van der Waals surface area contributed by atoms with Crippen LogP contribution in [0, 0.1) is 12.7 Å². The van der Waals surface area contributed by atoms with E-state index in [1.165, 1.54) is 12.3 Å². The molecular weight excluding hydrogens is 453 g/mol. The Kier molecular flexibility index (Phi) is 8.87. The molecule has 1 saturated heterocycles. The molecule has 1 N–H and O–H groups in total. The molecule has 1 aliphatic heterocycles. The van der Waals surface area contributed by atoms with Gasteiger partial charge in [0.1, 0.15) is 18.6 Å². The minimum absolute atomic E-state index is 0.148. The Hall–Kier alpha value is -3.39. The summed E-state index contributed by atoms with van der Waals surface area (Å²) in [7, 11) is 1.85. The molecule has 35 heavy (non-hydrogen) atoms. The van der Waals surface area contributed by atoms with Crippen LogP contribution in [0.3, 0.4) is 0 Å². The van der Waals surface area contributed by atoms with Crippen molar-refractivity contribution in [3.63, 3.8) is 0 Å². The maximum absolute atomic E-state index is 14.6. The molecule has 0 amide bonds. The molecule has 0 spiro atoms. The number of benzene rings is 1. The van der Waals surface area contributed by atoms with Crippen molar-refractivity contribution in [1.82, 2.24) is 9.99 Å². The van der Waals surface area contributed by atoms with Crippen molar-refractivity contribution >= 4 is 5.82 Å². The number of allylic oxidation sites excluding steroid dienone is 1. The van der Waals surface area contributed by atoms with Crippen molar-refractivity contribution in [3.8, 4) is 11.5 Å². The number of aromatic nitrogens is 2. The zero-order chi connectivity index (χ0) is 25.4. The van der Waals surface area contributed by atoms with Crippen molar-refractivity contribution in [1.29, 1.82) is 0 Å². The summed E-state index contributed by atoms with van der Waals surface area (Å²) in [6, 6.07) is 11.5. The highest BCUT2D eigenvalue weighted by Crippen LogP contribution is 2.40. The Balaban J connectivity index is 0.000000795. The highest BCUT2D eigenvalue weighted by molar-refractivity contribution is 5.41. The van der Waals surface area contributed by atoms with Crippen molar-refractivity contribution < 1.29 is 22.5 Å². The number of para-hydroxylation sites is 1. The summed E-state index contributed by atoms with van der Waals surface area (Å²) in [6.07, 6.45) is 7.73. The number of alkyl halides is 2. The predicted molar refractivity (Wildman–Crippen MR) is 131 cm³/mol. The molecule has 0 saturated carbocycles. The second kappa shape index (κ2) is 11.8. The first-order valence-corrected chi connectivity index (χ1v) is 11.6. The van der Waals surface area contributed by atoms with Gasteiger partial charge in [-0.15, -0.1) is 6.58 Å². The Labute approximate surface area is 204 Å². The molecule has 0 aliphatic carbocycles. The first-order chi connectivity index (χ1) is 16.7. The van der Waals surface area contributed by atoms with E-state index in [-0.39, 0.29) is 25.3 Å². The van der Waals surface area contributed by atoms with Crippen LogP contribution in [0.4, 0.5) is 19.0 Å². The number of nitrogens with zero attached hydrogens (tertiary/aromatic N) is 3. The minimum Gasteiger partial charge on any atom is -0.452 e. The molecule has 2 aromatic heterocycles. The third-order valence-corrected chi connectivity index (χ3v) is 5.72. The monoisotopic (exact) mass is 485 g/mol. The molecule has 1 unspecified atom stereocenters. The zero-order valence-corrected chi connectivity index (χ0v) is 20.3. The normalized spacial score (nSPS) is 17.1. The van der Waals surface area contributed by atoms with Crippen LogP contribution in [0.5, 0.6) is 11.5 Å². The maximum Gasteiger partial charge on any atom is 0.257 e. The number of ether oxygens (including phenoxy) is 1. The number of halogens is 3. The van der Waals surface area contributed by atoms with Crippen molar-refractivity contribution in [2.75, 3.05) is 18.5 Å². The molecule has 1 atom stereocenters. The third kappa shape index (κ3) is 7.05. The predicted octanol–water partition coefficient (Wildman–Crippen LogP) is 6.18.